The Morgan fingerprint density at radius 2 is 2.26 bits per heavy atom. The van der Waals surface area contributed by atoms with E-state index in [4.69, 9.17) is 11.6 Å². The number of carbonyl (C=O) groups is 1. The molecule has 1 N–H and O–H groups in total. The fourth-order valence-corrected chi connectivity index (χ4v) is 4.24. The van der Waals surface area contributed by atoms with E-state index in [2.05, 4.69) is 0 Å². The van der Waals surface area contributed by atoms with E-state index in [-0.39, 0.29) is 12.3 Å². The minimum Gasteiger partial charge on any atom is -0.481 e. The van der Waals surface area contributed by atoms with E-state index in [1.165, 1.54) is 6.07 Å². The first-order chi connectivity index (χ1) is 9.03. The van der Waals surface area contributed by atoms with Gasteiger partial charge in [-0.05, 0) is 49.7 Å². The summed E-state index contributed by atoms with van der Waals surface area (Å²) in [5.41, 5.74) is -0.450. The van der Waals surface area contributed by atoms with E-state index in [0.717, 1.165) is 19.3 Å². The highest BCUT2D eigenvalue weighted by atomic mass is 35.5. The Labute approximate surface area is 116 Å². The molecule has 0 heterocycles. The number of rotatable bonds is 3. The van der Waals surface area contributed by atoms with Crippen molar-refractivity contribution in [3.05, 3.63) is 34.6 Å². The van der Waals surface area contributed by atoms with Gasteiger partial charge in [-0.15, -0.1) is 0 Å². The van der Waals surface area contributed by atoms with Gasteiger partial charge in [0.1, 0.15) is 5.82 Å². The van der Waals surface area contributed by atoms with Crippen LogP contribution < -0.4 is 0 Å². The van der Waals surface area contributed by atoms with Crippen LogP contribution in [0.25, 0.3) is 0 Å². The Bertz CT molecular complexity index is 511. The molecule has 2 fully saturated rings. The number of hydrogen-bond acceptors (Lipinski definition) is 1. The summed E-state index contributed by atoms with van der Waals surface area (Å²) in [6.45, 7) is 0. The number of carboxylic acids is 1. The minimum absolute atomic E-state index is 0.172. The summed E-state index contributed by atoms with van der Waals surface area (Å²) in [7, 11) is 0. The van der Waals surface area contributed by atoms with Crippen molar-refractivity contribution in [2.24, 2.45) is 17.3 Å². The van der Waals surface area contributed by atoms with E-state index in [1.807, 2.05) is 0 Å². The van der Waals surface area contributed by atoms with Crippen LogP contribution in [0.1, 0.15) is 31.2 Å². The van der Waals surface area contributed by atoms with E-state index < -0.39 is 17.2 Å². The van der Waals surface area contributed by atoms with Gasteiger partial charge >= 0.3 is 5.97 Å². The van der Waals surface area contributed by atoms with E-state index >= 15 is 0 Å². The van der Waals surface area contributed by atoms with Gasteiger partial charge in [0.2, 0.25) is 0 Å². The minimum atomic E-state index is -0.811. The molecule has 2 nitrogen and oxygen atoms in total. The Morgan fingerprint density at radius 3 is 2.79 bits per heavy atom. The van der Waals surface area contributed by atoms with Crippen LogP contribution in [0.3, 0.4) is 0 Å². The predicted octanol–water partition coefficient (Wildman–Crippen LogP) is 3.91. The van der Waals surface area contributed by atoms with Gasteiger partial charge in [-0.2, -0.15) is 0 Å². The highest BCUT2D eigenvalue weighted by Gasteiger charge is 2.56. The number of benzene rings is 1. The maximum atomic E-state index is 13.9. The Balaban J connectivity index is 1.98. The quantitative estimate of drug-likeness (QED) is 0.912. The number of hydrogen-bond donors (Lipinski definition) is 1. The van der Waals surface area contributed by atoms with Gasteiger partial charge in [0.15, 0.2) is 0 Å². The lowest BCUT2D eigenvalue weighted by atomic mass is 9.69. The lowest BCUT2D eigenvalue weighted by molar-refractivity contribution is -0.152. The largest absolute Gasteiger partial charge is 0.481 e. The SMILES string of the molecule is O=C(O)C1(Cc2c(F)cccc2Cl)CC2CCC1C2. The maximum Gasteiger partial charge on any atom is 0.310 e. The van der Waals surface area contributed by atoms with Gasteiger partial charge < -0.3 is 5.11 Å². The van der Waals surface area contributed by atoms with Crippen molar-refractivity contribution < 1.29 is 14.3 Å². The molecule has 102 valence electrons. The average molecular weight is 283 g/mol. The van der Waals surface area contributed by atoms with Gasteiger partial charge in [-0.1, -0.05) is 24.1 Å². The summed E-state index contributed by atoms with van der Waals surface area (Å²) in [6.07, 6.45) is 3.92. The molecular formula is C15H16ClFO2. The van der Waals surface area contributed by atoms with Crippen molar-refractivity contribution in [2.45, 2.75) is 32.1 Å². The Kier molecular flexibility index (Phi) is 3.05. The normalized spacial score (nSPS) is 32.7. The molecular weight excluding hydrogens is 267 g/mol. The molecule has 2 saturated carbocycles. The van der Waals surface area contributed by atoms with Crippen molar-refractivity contribution in [1.82, 2.24) is 0 Å². The molecule has 0 spiro atoms. The molecule has 0 radical (unpaired) electrons. The molecule has 2 aliphatic rings. The van der Waals surface area contributed by atoms with Crippen LogP contribution in [-0.4, -0.2) is 11.1 Å². The van der Waals surface area contributed by atoms with Crippen LogP contribution in [-0.2, 0) is 11.2 Å². The second-order valence-corrected chi connectivity index (χ2v) is 6.33. The number of carboxylic acid groups (broad SMARTS) is 1. The van der Waals surface area contributed by atoms with Gasteiger partial charge in [0.05, 0.1) is 5.41 Å². The van der Waals surface area contributed by atoms with Gasteiger partial charge in [-0.25, -0.2) is 4.39 Å². The summed E-state index contributed by atoms with van der Waals surface area (Å²) in [6, 6.07) is 4.53. The molecule has 3 atom stereocenters. The summed E-state index contributed by atoms with van der Waals surface area (Å²) in [4.78, 5) is 11.8. The maximum absolute atomic E-state index is 13.9. The smallest absolute Gasteiger partial charge is 0.310 e. The number of fused-ring (bicyclic) bond motifs is 2. The Morgan fingerprint density at radius 1 is 1.47 bits per heavy atom. The third-order valence-corrected chi connectivity index (χ3v) is 5.31. The molecule has 2 bridgehead atoms. The molecule has 19 heavy (non-hydrogen) atoms. The molecule has 0 saturated heterocycles. The van der Waals surface area contributed by atoms with Crippen LogP contribution in [0.2, 0.25) is 5.02 Å². The van der Waals surface area contributed by atoms with E-state index in [1.54, 1.807) is 12.1 Å². The molecule has 4 heteroatoms. The van der Waals surface area contributed by atoms with Crippen molar-refractivity contribution in [3.8, 4) is 0 Å². The second kappa shape index (κ2) is 4.48. The third kappa shape index (κ3) is 1.95. The summed E-state index contributed by atoms with van der Waals surface area (Å²) >= 11 is 6.04. The van der Waals surface area contributed by atoms with Gasteiger partial charge in [-0.3, -0.25) is 4.79 Å². The number of aliphatic carboxylic acids is 1. The Hall–Kier alpha value is -1.09. The first-order valence-corrected chi connectivity index (χ1v) is 7.07. The summed E-state index contributed by atoms with van der Waals surface area (Å²) in [5, 5.41) is 10.00. The third-order valence-electron chi connectivity index (χ3n) is 4.96. The van der Waals surface area contributed by atoms with Crippen LogP contribution in [0.4, 0.5) is 4.39 Å². The first-order valence-electron chi connectivity index (χ1n) is 6.69. The van der Waals surface area contributed by atoms with Gasteiger partial charge in [0, 0.05) is 10.6 Å². The highest BCUT2D eigenvalue weighted by Crippen LogP contribution is 2.57. The zero-order chi connectivity index (χ0) is 13.6. The van der Waals surface area contributed by atoms with Crippen molar-refractivity contribution >= 4 is 17.6 Å². The lowest BCUT2D eigenvalue weighted by Gasteiger charge is -2.34. The summed E-state index contributed by atoms with van der Waals surface area (Å²) < 4.78 is 13.9. The molecule has 0 aromatic heterocycles. The van der Waals surface area contributed by atoms with E-state index in [9.17, 15) is 14.3 Å². The lowest BCUT2D eigenvalue weighted by Crippen LogP contribution is -2.38. The molecule has 2 aliphatic carbocycles. The second-order valence-electron chi connectivity index (χ2n) is 5.92. The van der Waals surface area contributed by atoms with Crippen LogP contribution in [0.5, 0.6) is 0 Å². The zero-order valence-electron chi connectivity index (χ0n) is 10.5. The van der Waals surface area contributed by atoms with Crippen molar-refractivity contribution in [1.29, 1.82) is 0 Å². The topological polar surface area (TPSA) is 37.3 Å². The van der Waals surface area contributed by atoms with Crippen molar-refractivity contribution in [3.63, 3.8) is 0 Å². The van der Waals surface area contributed by atoms with Crippen LogP contribution >= 0.6 is 11.6 Å². The van der Waals surface area contributed by atoms with Crippen LogP contribution in [0.15, 0.2) is 18.2 Å². The molecule has 3 unspecified atom stereocenters. The standard InChI is InChI=1S/C15H16ClFO2/c16-12-2-1-3-13(17)11(12)8-15(14(18)19)7-9-4-5-10(15)6-9/h1-3,9-10H,4-8H2,(H,18,19). The van der Waals surface area contributed by atoms with Crippen LogP contribution in [0, 0.1) is 23.1 Å². The molecule has 3 rings (SSSR count). The fourth-order valence-electron chi connectivity index (χ4n) is 4.01. The van der Waals surface area contributed by atoms with E-state index in [0.29, 0.717) is 22.9 Å². The summed E-state index contributed by atoms with van der Waals surface area (Å²) in [5.74, 6) is -0.521. The molecule has 1 aromatic carbocycles. The molecule has 0 amide bonds. The molecule has 0 aliphatic heterocycles. The van der Waals surface area contributed by atoms with Gasteiger partial charge in [0.25, 0.3) is 0 Å². The monoisotopic (exact) mass is 282 g/mol. The molecule has 1 aromatic rings. The highest BCUT2D eigenvalue weighted by molar-refractivity contribution is 6.31. The van der Waals surface area contributed by atoms with Crippen molar-refractivity contribution in [2.75, 3.05) is 0 Å². The number of halogens is 2. The first kappa shape index (κ1) is 12.9. The zero-order valence-corrected chi connectivity index (χ0v) is 11.3. The fraction of sp³-hybridized carbons (Fsp3) is 0.533. The average Bonchev–Trinajstić information content (AvgIpc) is 2.94. The predicted molar refractivity (Wildman–Crippen MR) is 70.6 cm³/mol.